The third-order valence-corrected chi connectivity index (χ3v) is 6.79. The van der Waals surface area contributed by atoms with Gasteiger partial charge in [0.05, 0.1) is 17.4 Å². The highest BCUT2D eigenvalue weighted by molar-refractivity contribution is 5.94. The van der Waals surface area contributed by atoms with Crippen LogP contribution in [0.2, 0.25) is 0 Å². The molecule has 0 unspecified atom stereocenters. The van der Waals surface area contributed by atoms with E-state index in [1.165, 1.54) is 12.1 Å². The van der Waals surface area contributed by atoms with E-state index in [9.17, 15) is 19.1 Å². The van der Waals surface area contributed by atoms with Gasteiger partial charge in [-0.2, -0.15) is 5.10 Å². The largest absolute Gasteiger partial charge is 0.383 e. The number of benzene rings is 1. The summed E-state index contributed by atoms with van der Waals surface area (Å²) in [5, 5.41) is 15.1. The first-order chi connectivity index (χ1) is 17.3. The van der Waals surface area contributed by atoms with E-state index in [0.717, 1.165) is 11.1 Å². The summed E-state index contributed by atoms with van der Waals surface area (Å²) in [5.74, 6) is -0.847. The Morgan fingerprint density at radius 3 is 2.43 bits per heavy atom. The number of fused-ring (bicyclic) bond motifs is 1. The van der Waals surface area contributed by atoms with Crippen LogP contribution in [0.4, 0.5) is 4.39 Å². The van der Waals surface area contributed by atoms with E-state index in [1.807, 2.05) is 47.6 Å². The van der Waals surface area contributed by atoms with Crippen molar-refractivity contribution < 1.29 is 19.1 Å². The Morgan fingerprint density at radius 1 is 1.16 bits per heavy atom. The van der Waals surface area contributed by atoms with E-state index in [-0.39, 0.29) is 28.7 Å². The fraction of sp³-hybridized carbons (Fsp3) is 0.500. The third-order valence-electron chi connectivity index (χ3n) is 6.79. The highest BCUT2D eigenvalue weighted by atomic mass is 19.1. The molecule has 4 rings (SSSR count). The molecule has 2 aromatic heterocycles. The lowest BCUT2D eigenvalue weighted by Gasteiger charge is -2.47. The lowest BCUT2D eigenvalue weighted by Crippen LogP contribution is -2.63. The van der Waals surface area contributed by atoms with Gasteiger partial charge in [0.25, 0.3) is 11.8 Å². The van der Waals surface area contributed by atoms with Crippen molar-refractivity contribution in [2.45, 2.75) is 66.0 Å². The molecule has 198 valence electrons. The summed E-state index contributed by atoms with van der Waals surface area (Å²) in [6.45, 7) is 12.8. The van der Waals surface area contributed by atoms with Crippen LogP contribution in [0.15, 0.2) is 36.5 Å². The Labute approximate surface area is 217 Å². The predicted octanol–water partition coefficient (Wildman–Crippen LogP) is 3.96. The standard InChI is InChI=1S/C28H36FN5O3/c1-7-18-14-21(19-8-10-20(29)11-9-19)31-34-16-22(30-24(18)34)25(36)33-13-12-32(17-28(33,5)6)26(37)23(35)15-27(2,3)4/h8-11,14,16,23,35H,7,12-13,15,17H2,1-6H3/t23-/m1/s1. The van der Waals surface area contributed by atoms with Crippen molar-refractivity contribution in [2.24, 2.45) is 5.41 Å². The molecule has 9 heteroatoms. The van der Waals surface area contributed by atoms with Gasteiger partial charge in [0.2, 0.25) is 0 Å². The van der Waals surface area contributed by atoms with E-state index in [2.05, 4.69) is 10.1 Å². The Balaban J connectivity index is 1.57. The quantitative estimate of drug-likeness (QED) is 0.562. The van der Waals surface area contributed by atoms with Crippen LogP contribution in [0.1, 0.15) is 64.0 Å². The van der Waals surface area contributed by atoms with Crippen molar-refractivity contribution in [1.29, 1.82) is 0 Å². The van der Waals surface area contributed by atoms with E-state index < -0.39 is 11.6 Å². The van der Waals surface area contributed by atoms with E-state index in [0.29, 0.717) is 43.8 Å². The molecule has 8 nitrogen and oxygen atoms in total. The van der Waals surface area contributed by atoms with Crippen LogP contribution in [-0.4, -0.2) is 72.6 Å². The summed E-state index contributed by atoms with van der Waals surface area (Å²) in [5.41, 5.74) is 2.43. The van der Waals surface area contributed by atoms with Gasteiger partial charge in [-0.25, -0.2) is 13.9 Å². The number of aliphatic hydroxyl groups is 1. The number of halogens is 1. The molecule has 37 heavy (non-hydrogen) atoms. The minimum Gasteiger partial charge on any atom is -0.383 e. The molecule has 0 spiro atoms. The molecule has 0 saturated carbocycles. The Morgan fingerprint density at radius 2 is 1.84 bits per heavy atom. The molecule has 1 N–H and O–H groups in total. The summed E-state index contributed by atoms with van der Waals surface area (Å²) in [6, 6.07) is 8.05. The smallest absolute Gasteiger partial charge is 0.274 e. The van der Waals surface area contributed by atoms with Crippen LogP contribution in [0.3, 0.4) is 0 Å². The number of rotatable bonds is 5. The molecular formula is C28H36FN5O3. The molecule has 0 radical (unpaired) electrons. The second-order valence-corrected chi connectivity index (χ2v) is 11.6. The van der Waals surface area contributed by atoms with E-state index in [4.69, 9.17) is 0 Å². The number of aryl methyl sites for hydroxylation is 1. The molecule has 1 atom stereocenters. The highest BCUT2D eigenvalue weighted by Crippen LogP contribution is 2.27. The molecule has 0 aliphatic carbocycles. The molecule has 1 aromatic carbocycles. The zero-order chi connectivity index (χ0) is 27.1. The minimum atomic E-state index is -1.06. The topological polar surface area (TPSA) is 91.0 Å². The molecule has 1 saturated heterocycles. The predicted molar refractivity (Wildman–Crippen MR) is 140 cm³/mol. The monoisotopic (exact) mass is 509 g/mol. The summed E-state index contributed by atoms with van der Waals surface area (Å²) >= 11 is 0. The van der Waals surface area contributed by atoms with Crippen molar-refractivity contribution in [3.63, 3.8) is 0 Å². The van der Waals surface area contributed by atoms with Gasteiger partial charge < -0.3 is 14.9 Å². The lowest BCUT2D eigenvalue weighted by atomic mass is 9.88. The average Bonchev–Trinajstić information content (AvgIpc) is 3.25. The summed E-state index contributed by atoms with van der Waals surface area (Å²) in [7, 11) is 0. The minimum absolute atomic E-state index is 0.173. The van der Waals surface area contributed by atoms with Gasteiger partial charge in [0.15, 0.2) is 5.65 Å². The van der Waals surface area contributed by atoms with Gasteiger partial charge in [-0.15, -0.1) is 0 Å². The highest BCUT2D eigenvalue weighted by Gasteiger charge is 2.41. The molecule has 3 aromatic rings. The number of imidazole rings is 1. The van der Waals surface area contributed by atoms with Crippen LogP contribution in [0.5, 0.6) is 0 Å². The third kappa shape index (κ3) is 5.66. The summed E-state index contributed by atoms with van der Waals surface area (Å²) < 4.78 is 15.0. The van der Waals surface area contributed by atoms with Crippen molar-refractivity contribution in [2.75, 3.05) is 19.6 Å². The molecule has 1 aliphatic rings. The normalized spacial score (nSPS) is 16.8. The fourth-order valence-electron chi connectivity index (χ4n) is 4.90. The number of amides is 2. The van der Waals surface area contributed by atoms with Crippen LogP contribution in [0, 0.1) is 11.2 Å². The van der Waals surface area contributed by atoms with Gasteiger partial charge in [-0.1, -0.05) is 27.7 Å². The number of hydrogen-bond acceptors (Lipinski definition) is 5. The maximum absolute atomic E-state index is 13.6. The fourth-order valence-corrected chi connectivity index (χ4v) is 4.90. The average molecular weight is 510 g/mol. The van der Waals surface area contributed by atoms with Gasteiger partial charge in [0.1, 0.15) is 17.6 Å². The maximum atomic E-state index is 13.6. The SMILES string of the molecule is CCc1cc(-c2ccc(F)cc2)nn2cc(C(=O)N3CCN(C(=O)[C@H](O)CC(C)(C)C)CC3(C)C)nc12. The zero-order valence-electron chi connectivity index (χ0n) is 22.5. The first-order valence-corrected chi connectivity index (χ1v) is 12.7. The van der Waals surface area contributed by atoms with E-state index in [1.54, 1.807) is 32.6 Å². The van der Waals surface area contributed by atoms with Crippen molar-refractivity contribution in [1.82, 2.24) is 24.4 Å². The first kappa shape index (κ1) is 26.7. The van der Waals surface area contributed by atoms with Gasteiger partial charge in [0, 0.05) is 25.2 Å². The van der Waals surface area contributed by atoms with Crippen molar-refractivity contribution in [3.8, 4) is 11.3 Å². The lowest BCUT2D eigenvalue weighted by molar-refractivity contribution is -0.145. The number of aliphatic hydroxyl groups excluding tert-OH is 1. The number of aromatic nitrogens is 3. The molecule has 2 amide bonds. The zero-order valence-corrected chi connectivity index (χ0v) is 22.5. The second kappa shape index (κ2) is 9.85. The first-order valence-electron chi connectivity index (χ1n) is 12.7. The summed E-state index contributed by atoms with van der Waals surface area (Å²) in [6.07, 6.45) is 1.63. The number of piperazine rings is 1. The van der Waals surface area contributed by atoms with Crippen molar-refractivity contribution in [3.05, 3.63) is 53.6 Å². The number of carbonyl (C=O) groups is 2. The molecule has 0 bridgehead atoms. The molecule has 1 fully saturated rings. The van der Waals surface area contributed by atoms with E-state index >= 15 is 0 Å². The maximum Gasteiger partial charge on any atom is 0.274 e. The Hall–Kier alpha value is -3.33. The molecule has 3 heterocycles. The second-order valence-electron chi connectivity index (χ2n) is 11.6. The van der Waals surface area contributed by atoms with Crippen LogP contribution in [0.25, 0.3) is 16.9 Å². The van der Waals surface area contributed by atoms with Crippen molar-refractivity contribution >= 4 is 17.5 Å². The Kier molecular flexibility index (Phi) is 7.12. The summed E-state index contributed by atoms with van der Waals surface area (Å²) in [4.78, 5) is 34.5. The molecule has 1 aliphatic heterocycles. The van der Waals surface area contributed by atoms with Crippen LogP contribution < -0.4 is 0 Å². The number of hydrogen-bond donors (Lipinski definition) is 1. The van der Waals surface area contributed by atoms with Crippen LogP contribution in [-0.2, 0) is 11.2 Å². The Bertz CT molecular complexity index is 1310. The number of nitrogens with zero attached hydrogens (tertiary/aromatic N) is 5. The van der Waals surface area contributed by atoms with Crippen LogP contribution >= 0.6 is 0 Å². The van der Waals surface area contributed by atoms with Gasteiger partial charge in [-0.3, -0.25) is 9.59 Å². The molecular weight excluding hydrogens is 473 g/mol. The number of carbonyl (C=O) groups excluding carboxylic acids is 2. The van der Waals surface area contributed by atoms with Gasteiger partial charge >= 0.3 is 0 Å². The van der Waals surface area contributed by atoms with Gasteiger partial charge in [-0.05, 0) is 68.0 Å².